The molecule has 100 valence electrons. The molecule has 0 saturated heterocycles. The highest BCUT2D eigenvalue weighted by Gasteiger charge is 2.14. The number of thiophene rings is 1. The molecule has 1 rings (SSSR count). The van der Waals surface area contributed by atoms with Crippen LogP contribution >= 0.6 is 27.3 Å². The van der Waals surface area contributed by atoms with Crippen LogP contribution in [0, 0.1) is 0 Å². The molecule has 1 aromatic rings. The zero-order chi connectivity index (χ0) is 13.5. The number of nitrogens with one attached hydrogen (secondary N) is 3. The summed E-state index contributed by atoms with van der Waals surface area (Å²) in [6.45, 7) is 4.60. The maximum Gasteiger partial charge on any atom is 0.321 e. The number of hydrogen-bond donors (Lipinski definition) is 3. The Morgan fingerprint density at radius 3 is 2.72 bits per heavy atom. The van der Waals surface area contributed by atoms with Gasteiger partial charge in [0.1, 0.15) is 0 Å². The summed E-state index contributed by atoms with van der Waals surface area (Å²) in [5, 5.41) is 7.83. The first kappa shape index (κ1) is 15.1. The largest absolute Gasteiger partial charge is 0.338 e. The average molecular weight is 334 g/mol. The lowest BCUT2D eigenvalue weighted by Crippen LogP contribution is -2.47. The van der Waals surface area contributed by atoms with E-state index in [0.717, 1.165) is 8.66 Å². The lowest BCUT2D eigenvalue weighted by atomic mass is 10.3. The summed E-state index contributed by atoms with van der Waals surface area (Å²) in [6, 6.07) is 3.06. The molecule has 0 saturated carbocycles. The van der Waals surface area contributed by atoms with E-state index in [1.165, 1.54) is 0 Å². The van der Waals surface area contributed by atoms with Gasteiger partial charge in [0.05, 0.1) is 9.83 Å². The summed E-state index contributed by atoms with van der Waals surface area (Å²) in [7, 11) is 0. The summed E-state index contributed by atoms with van der Waals surface area (Å²) in [5.74, 6) is -0.337. The first-order valence-electron chi connectivity index (χ1n) is 5.59. The normalized spacial score (nSPS) is 11.9. The second-order valence-corrected chi connectivity index (χ2v) is 6.20. The third kappa shape index (κ3) is 5.16. The lowest BCUT2D eigenvalue weighted by molar-refractivity contribution is -0.121. The summed E-state index contributed by atoms with van der Waals surface area (Å²) < 4.78 is 1.05. The van der Waals surface area contributed by atoms with E-state index in [0.29, 0.717) is 13.1 Å². The average Bonchev–Trinajstić information content (AvgIpc) is 2.72. The molecule has 0 spiro atoms. The number of imide groups is 1. The molecule has 1 atom stereocenters. The fraction of sp³-hybridized carbons (Fsp3) is 0.455. The van der Waals surface area contributed by atoms with E-state index in [-0.39, 0.29) is 5.91 Å². The minimum absolute atomic E-state index is 0.337. The Hall–Kier alpha value is -0.920. The maximum atomic E-state index is 11.6. The molecule has 1 unspecified atom stereocenters. The van der Waals surface area contributed by atoms with Crippen molar-refractivity contribution in [2.75, 3.05) is 6.54 Å². The first-order valence-corrected chi connectivity index (χ1v) is 7.20. The number of carbonyl (C=O) groups is 2. The van der Waals surface area contributed by atoms with Gasteiger partial charge in [0.25, 0.3) is 0 Å². The molecule has 7 heteroatoms. The van der Waals surface area contributed by atoms with Gasteiger partial charge in [-0.1, -0.05) is 0 Å². The number of urea groups is 1. The van der Waals surface area contributed by atoms with Crippen LogP contribution in [-0.2, 0) is 11.3 Å². The van der Waals surface area contributed by atoms with Crippen LogP contribution in [-0.4, -0.2) is 24.5 Å². The van der Waals surface area contributed by atoms with Crippen molar-refractivity contribution in [3.63, 3.8) is 0 Å². The molecule has 5 nitrogen and oxygen atoms in total. The minimum Gasteiger partial charge on any atom is -0.338 e. The highest BCUT2D eigenvalue weighted by molar-refractivity contribution is 9.11. The summed E-state index contributed by atoms with van der Waals surface area (Å²) in [4.78, 5) is 23.9. The SMILES string of the molecule is CCNC(=O)NC(=O)C(C)NCc1ccc(Br)s1. The molecule has 3 amide bonds. The fourth-order valence-electron chi connectivity index (χ4n) is 1.22. The summed E-state index contributed by atoms with van der Waals surface area (Å²) in [5.41, 5.74) is 0. The van der Waals surface area contributed by atoms with E-state index >= 15 is 0 Å². The zero-order valence-electron chi connectivity index (χ0n) is 10.2. The van der Waals surface area contributed by atoms with Crippen LogP contribution < -0.4 is 16.0 Å². The monoisotopic (exact) mass is 333 g/mol. The molecule has 0 fully saturated rings. The first-order chi connectivity index (χ1) is 8.52. The van der Waals surface area contributed by atoms with Gasteiger partial charge < -0.3 is 10.6 Å². The number of amides is 3. The van der Waals surface area contributed by atoms with Gasteiger partial charge in [-0.25, -0.2) is 4.79 Å². The molecule has 1 heterocycles. The van der Waals surface area contributed by atoms with Crippen molar-refractivity contribution < 1.29 is 9.59 Å². The van der Waals surface area contributed by atoms with Gasteiger partial charge >= 0.3 is 6.03 Å². The predicted molar refractivity (Wildman–Crippen MR) is 75.5 cm³/mol. The molecular weight excluding hydrogens is 318 g/mol. The Kier molecular flexibility index (Phi) is 6.31. The third-order valence-electron chi connectivity index (χ3n) is 2.18. The second kappa shape index (κ2) is 7.50. The van der Waals surface area contributed by atoms with Gasteiger partial charge in [0.2, 0.25) is 5.91 Å². The Bertz CT molecular complexity index is 422. The van der Waals surface area contributed by atoms with Crippen LogP contribution in [0.15, 0.2) is 15.9 Å². The van der Waals surface area contributed by atoms with Crippen molar-refractivity contribution in [3.8, 4) is 0 Å². The van der Waals surface area contributed by atoms with E-state index in [9.17, 15) is 9.59 Å². The predicted octanol–water partition coefficient (Wildman–Crippen LogP) is 1.83. The van der Waals surface area contributed by atoms with Crippen LogP contribution in [0.4, 0.5) is 4.79 Å². The number of rotatable bonds is 5. The smallest absolute Gasteiger partial charge is 0.321 e. The zero-order valence-corrected chi connectivity index (χ0v) is 12.7. The standard InChI is InChI=1S/C11H16BrN3O2S/c1-3-13-11(17)15-10(16)7(2)14-6-8-4-5-9(12)18-8/h4-5,7,14H,3,6H2,1-2H3,(H2,13,15,16,17). The summed E-state index contributed by atoms with van der Waals surface area (Å²) in [6.07, 6.45) is 0. The van der Waals surface area contributed by atoms with Crippen LogP contribution in [0.5, 0.6) is 0 Å². The molecule has 0 radical (unpaired) electrons. The van der Waals surface area contributed by atoms with E-state index in [1.807, 2.05) is 12.1 Å². The Labute approximate surface area is 118 Å². The molecule has 18 heavy (non-hydrogen) atoms. The van der Waals surface area contributed by atoms with E-state index in [2.05, 4.69) is 31.9 Å². The molecule has 3 N–H and O–H groups in total. The molecule has 0 aromatic carbocycles. The quantitative estimate of drug-likeness (QED) is 0.769. The van der Waals surface area contributed by atoms with Gasteiger partial charge in [-0.15, -0.1) is 11.3 Å². The van der Waals surface area contributed by atoms with Crippen LogP contribution in [0.25, 0.3) is 0 Å². The molecule has 0 aliphatic carbocycles. The van der Waals surface area contributed by atoms with Crippen LogP contribution in [0.2, 0.25) is 0 Å². The Morgan fingerprint density at radius 1 is 1.44 bits per heavy atom. The van der Waals surface area contributed by atoms with Crippen molar-refractivity contribution in [1.29, 1.82) is 0 Å². The van der Waals surface area contributed by atoms with Crippen molar-refractivity contribution in [2.45, 2.75) is 26.4 Å². The Morgan fingerprint density at radius 2 is 2.17 bits per heavy atom. The lowest BCUT2D eigenvalue weighted by Gasteiger charge is -2.12. The van der Waals surface area contributed by atoms with Gasteiger partial charge in [-0.2, -0.15) is 0 Å². The van der Waals surface area contributed by atoms with Gasteiger partial charge in [0.15, 0.2) is 0 Å². The van der Waals surface area contributed by atoms with Crippen LogP contribution in [0.1, 0.15) is 18.7 Å². The maximum absolute atomic E-state index is 11.6. The summed E-state index contributed by atoms with van der Waals surface area (Å²) >= 11 is 4.98. The van der Waals surface area contributed by atoms with Crippen molar-refractivity contribution in [1.82, 2.24) is 16.0 Å². The van der Waals surface area contributed by atoms with Crippen molar-refractivity contribution in [2.24, 2.45) is 0 Å². The van der Waals surface area contributed by atoms with E-state index < -0.39 is 12.1 Å². The fourth-order valence-corrected chi connectivity index (χ4v) is 2.65. The molecule has 0 aliphatic heterocycles. The van der Waals surface area contributed by atoms with Gasteiger partial charge in [-0.3, -0.25) is 10.1 Å². The van der Waals surface area contributed by atoms with Gasteiger partial charge in [-0.05, 0) is 41.9 Å². The molecular formula is C11H16BrN3O2S. The number of hydrogen-bond acceptors (Lipinski definition) is 4. The van der Waals surface area contributed by atoms with E-state index in [1.54, 1.807) is 25.2 Å². The number of carbonyl (C=O) groups excluding carboxylic acids is 2. The highest BCUT2D eigenvalue weighted by atomic mass is 79.9. The van der Waals surface area contributed by atoms with Gasteiger partial charge in [0, 0.05) is 18.0 Å². The Balaban J connectivity index is 2.33. The molecule has 1 aromatic heterocycles. The molecule has 0 aliphatic rings. The second-order valence-electron chi connectivity index (χ2n) is 3.66. The topological polar surface area (TPSA) is 70.2 Å². The van der Waals surface area contributed by atoms with Crippen molar-refractivity contribution >= 4 is 39.2 Å². The molecule has 0 bridgehead atoms. The highest BCUT2D eigenvalue weighted by Crippen LogP contribution is 2.21. The van der Waals surface area contributed by atoms with E-state index in [4.69, 9.17) is 0 Å². The minimum atomic E-state index is -0.463. The van der Waals surface area contributed by atoms with Crippen LogP contribution in [0.3, 0.4) is 0 Å². The third-order valence-corrected chi connectivity index (χ3v) is 3.80. The number of halogens is 1. The van der Waals surface area contributed by atoms with Crippen molar-refractivity contribution in [3.05, 3.63) is 20.8 Å².